The lowest BCUT2D eigenvalue weighted by atomic mass is 10.1. The summed E-state index contributed by atoms with van der Waals surface area (Å²) < 4.78 is 5.44. The van der Waals surface area contributed by atoms with Crippen molar-refractivity contribution < 1.29 is 9.53 Å². The molecule has 1 amide bonds. The van der Waals surface area contributed by atoms with Crippen molar-refractivity contribution in [2.75, 3.05) is 50.9 Å². The van der Waals surface area contributed by atoms with Crippen LogP contribution < -0.4 is 0 Å². The Hall–Kier alpha value is -0.750. The van der Waals surface area contributed by atoms with Crippen molar-refractivity contribution in [1.29, 1.82) is 0 Å². The molecular formula is C18H25ClN2O2S. The van der Waals surface area contributed by atoms with Crippen LogP contribution in [0.1, 0.15) is 12.0 Å². The zero-order valence-electron chi connectivity index (χ0n) is 14.0. The molecule has 0 aliphatic carbocycles. The lowest BCUT2D eigenvalue weighted by Gasteiger charge is -2.35. The third-order valence-electron chi connectivity index (χ3n) is 4.60. The van der Waals surface area contributed by atoms with E-state index in [2.05, 4.69) is 9.80 Å². The van der Waals surface area contributed by atoms with E-state index in [1.165, 1.54) is 0 Å². The third-order valence-corrected chi connectivity index (χ3v) is 6.05. The van der Waals surface area contributed by atoms with Crippen molar-refractivity contribution >= 4 is 29.3 Å². The quantitative estimate of drug-likeness (QED) is 0.817. The van der Waals surface area contributed by atoms with Crippen LogP contribution in [0.3, 0.4) is 0 Å². The summed E-state index contributed by atoms with van der Waals surface area (Å²) in [5.41, 5.74) is 1.03. The van der Waals surface area contributed by atoms with Gasteiger partial charge in [0.05, 0.1) is 25.7 Å². The summed E-state index contributed by atoms with van der Waals surface area (Å²) in [7, 11) is 0. The van der Waals surface area contributed by atoms with E-state index in [1.54, 1.807) is 0 Å². The Labute approximate surface area is 153 Å². The molecule has 0 unspecified atom stereocenters. The number of hydrogen-bond donors (Lipinski definition) is 0. The highest BCUT2D eigenvalue weighted by Crippen LogP contribution is 2.19. The van der Waals surface area contributed by atoms with Crippen LogP contribution in [0.25, 0.3) is 0 Å². The Bertz CT molecular complexity index is 534. The van der Waals surface area contributed by atoms with Gasteiger partial charge in [-0.3, -0.25) is 9.69 Å². The molecule has 3 rings (SSSR count). The second-order valence-corrected chi connectivity index (χ2v) is 7.97. The molecular weight excluding hydrogens is 344 g/mol. The van der Waals surface area contributed by atoms with E-state index in [4.69, 9.17) is 16.3 Å². The molecule has 2 saturated heterocycles. The van der Waals surface area contributed by atoms with E-state index in [0.29, 0.717) is 17.5 Å². The van der Waals surface area contributed by atoms with Gasteiger partial charge in [-0.25, -0.2) is 0 Å². The van der Waals surface area contributed by atoms with Gasteiger partial charge in [0.1, 0.15) is 0 Å². The summed E-state index contributed by atoms with van der Waals surface area (Å²) >= 11 is 7.91. The molecule has 2 aliphatic heterocycles. The lowest BCUT2D eigenvalue weighted by molar-refractivity contribution is -0.132. The van der Waals surface area contributed by atoms with Crippen LogP contribution in [0.2, 0.25) is 5.02 Å². The first-order valence-electron chi connectivity index (χ1n) is 8.64. The molecule has 2 aliphatic rings. The van der Waals surface area contributed by atoms with Gasteiger partial charge in [-0.2, -0.15) is 11.8 Å². The fraction of sp³-hybridized carbons (Fsp3) is 0.611. The fourth-order valence-electron chi connectivity index (χ4n) is 3.27. The minimum absolute atomic E-state index is 0.234. The second-order valence-electron chi connectivity index (χ2n) is 6.39. The molecule has 1 aromatic carbocycles. The molecule has 0 N–H and O–H groups in total. The van der Waals surface area contributed by atoms with Gasteiger partial charge in [-0.1, -0.05) is 23.7 Å². The summed E-state index contributed by atoms with van der Waals surface area (Å²) in [6.07, 6.45) is 1.54. The van der Waals surface area contributed by atoms with Crippen LogP contribution >= 0.6 is 23.4 Å². The number of amides is 1. The number of carbonyl (C=O) groups excluding carboxylic acids is 1. The van der Waals surface area contributed by atoms with E-state index in [-0.39, 0.29) is 5.91 Å². The third kappa shape index (κ3) is 5.12. The minimum Gasteiger partial charge on any atom is -0.379 e. The maximum atomic E-state index is 12.9. The molecule has 0 saturated carbocycles. The number of halogens is 1. The average Bonchev–Trinajstić information content (AvgIpc) is 2.83. The number of hydrogen-bond acceptors (Lipinski definition) is 4. The standard InChI is InChI=1S/C18H25ClN2O2S/c19-16-4-2-15(3-5-16)12-18(22)21-6-1-11-24-14-17(21)13-20-7-9-23-10-8-20/h2-5,17H,1,6-14H2/t17-/m1/s1. The molecule has 6 heteroatoms. The Balaban J connectivity index is 1.64. The summed E-state index contributed by atoms with van der Waals surface area (Å²) in [5, 5.41) is 0.711. The molecule has 132 valence electrons. The topological polar surface area (TPSA) is 32.8 Å². The minimum atomic E-state index is 0.234. The van der Waals surface area contributed by atoms with Gasteiger partial charge in [0.2, 0.25) is 5.91 Å². The zero-order chi connectivity index (χ0) is 16.8. The Morgan fingerprint density at radius 2 is 1.96 bits per heavy atom. The van der Waals surface area contributed by atoms with Crippen molar-refractivity contribution in [1.82, 2.24) is 9.80 Å². The highest BCUT2D eigenvalue weighted by atomic mass is 35.5. The predicted octanol–water partition coefficient (Wildman–Crippen LogP) is 2.55. The Kier molecular flexibility index (Phi) is 6.84. The van der Waals surface area contributed by atoms with Gasteiger partial charge in [0, 0.05) is 37.0 Å². The highest BCUT2D eigenvalue weighted by Gasteiger charge is 2.28. The van der Waals surface area contributed by atoms with E-state index in [9.17, 15) is 4.79 Å². The van der Waals surface area contributed by atoms with Gasteiger partial charge in [-0.15, -0.1) is 0 Å². The van der Waals surface area contributed by atoms with Crippen molar-refractivity contribution in [3.63, 3.8) is 0 Å². The van der Waals surface area contributed by atoms with Crippen molar-refractivity contribution in [3.8, 4) is 0 Å². The summed E-state index contributed by atoms with van der Waals surface area (Å²) in [6, 6.07) is 7.91. The number of nitrogens with zero attached hydrogens (tertiary/aromatic N) is 2. The molecule has 1 aromatic rings. The molecule has 0 radical (unpaired) electrons. The number of rotatable bonds is 4. The molecule has 0 spiro atoms. The average molecular weight is 369 g/mol. The summed E-state index contributed by atoms with van der Waals surface area (Å²) in [6.45, 7) is 5.38. The first kappa shape index (κ1) is 18.1. The number of thioether (sulfide) groups is 1. The van der Waals surface area contributed by atoms with Crippen LogP contribution in [-0.4, -0.2) is 72.6 Å². The summed E-state index contributed by atoms with van der Waals surface area (Å²) in [5.74, 6) is 2.41. The van der Waals surface area contributed by atoms with Gasteiger partial charge in [0.15, 0.2) is 0 Å². The maximum Gasteiger partial charge on any atom is 0.227 e. The lowest BCUT2D eigenvalue weighted by Crippen LogP contribution is -2.50. The number of ether oxygens (including phenoxy) is 1. The molecule has 24 heavy (non-hydrogen) atoms. The van der Waals surface area contributed by atoms with Gasteiger partial charge < -0.3 is 9.64 Å². The van der Waals surface area contributed by atoms with Crippen molar-refractivity contribution in [2.45, 2.75) is 18.9 Å². The zero-order valence-corrected chi connectivity index (χ0v) is 15.5. The highest BCUT2D eigenvalue weighted by molar-refractivity contribution is 7.99. The van der Waals surface area contributed by atoms with Crippen molar-refractivity contribution in [2.24, 2.45) is 0 Å². The van der Waals surface area contributed by atoms with Crippen LogP contribution in [0, 0.1) is 0 Å². The van der Waals surface area contributed by atoms with Crippen molar-refractivity contribution in [3.05, 3.63) is 34.9 Å². The second kappa shape index (κ2) is 9.09. The maximum absolute atomic E-state index is 12.9. The van der Waals surface area contributed by atoms with E-state index in [1.807, 2.05) is 36.0 Å². The fourth-order valence-corrected chi connectivity index (χ4v) is 4.45. The van der Waals surface area contributed by atoms with Crippen LogP contribution in [0.4, 0.5) is 0 Å². The van der Waals surface area contributed by atoms with Crippen LogP contribution in [0.5, 0.6) is 0 Å². The SMILES string of the molecule is O=C(Cc1ccc(Cl)cc1)N1CCCSC[C@H]1CN1CCOCC1. The molecule has 0 aromatic heterocycles. The van der Waals surface area contributed by atoms with Crippen LogP contribution in [0.15, 0.2) is 24.3 Å². The largest absolute Gasteiger partial charge is 0.379 e. The van der Waals surface area contributed by atoms with Crippen LogP contribution in [-0.2, 0) is 16.0 Å². The summed E-state index contributed by atoms with van der Waals surface area (Å²) in [4.78, 5) is 17.4. The molecule has 0 bridgehead atoms. The number of carbonyl (C=O) groups is 1. The number of morpholine rings is 1. The van der Waals surface area contributed by atoms with Gasteiger partial charge in [0.25, 0.3) is 0 Å². The van der Waals surface area contributed by atoms with Gasteiger partial charge >= 0.3 is 0 Å². The van der Waals surface area contributed by atoms with Gasteiger partial charge in [-0.05, 0) is 29.9 Å². The first-order valence-corrected chi connectivity index (χ1v) is 10.2. The number of benzene rings is 1. The predicted molar refractivity (Wildman–Crippen MR) is 99.9 cm³/mol. The Morgan fingerprint density at radius 3 is 2.71 bits per heavy atom. The van der Waals surface area contributed by atoms with E-state index < -0.39 is 0 Å². The smallest absolute Gasteiger partial charge is 0.227 e. The van der Waals surface area contributed by atoms with E-state index in [0.717, 1.165) is 62.9 Å². The molecule has 2 heterocycles. The normalized spacial score (nSPS) is 23.0. The molecule has 4 nitrogen and oxygen atoms in total. The monoisotopic (exact) mass is 368 g/mol. The first-order chi connectivity index (χ1) is 11.7. The Morgan fingerprint density at radius 1 is 1.21 bits per heavy atom. The molecule has 1 atom stereocenters. The van der Waals surface area contributed by atoms with E-state index >= 15 is 0 Å². The molecule has 2 fully saturated rings.